The second-order valence-electron chi connectivity index (χ2n) is 7.24. The first-order valence-electron chi connectivity index (χ1n) is 9.84. The van der Waals surface area contributed by atoms with Crippen molar-refractivity contribution < 1.29 is 22.8 Å². The van der Waals surface area contributed by atoms with Crippen LogP contribution in [0, 0.1) is 11.6 Å². The highest BCUT2D eigenvalue weighted by Crippen LogP contribution is 2.25. The number of nitrogens with one attached hydrogen (secondary N) is 3. The molecule has 7 nitrogen and oxygen atoms in total. The van der Waals surface area contributed by atoms with Crippen molar-refractivity contribution in [3.05, 3.63) is 66.2 Å². The lowest BCUT2D eigenvalue weighted by atomic mass is 10.2. The smallest absolute Gasteiger partial charge is 0.319 e. The molecule has 0 radical (unpaired) electrons. The van der Waals surface area contributed by atoms with E-state index in [-0.39, 0.29) is 48.0 Å². The minimum Gasteiger partial charge on any atom is -0.441 e. The Bertz CT molecular complexity index is 1090. The number of anilines is 2. The molecule has 0 spiro atoms. The number of hydrogen-bond donors (Lipinski definition) is 3. The third-order valence-corrected chi connectivity index (χ3v) is 4.66. The monoisotopic (exact) mass is 426 g/mol. The van der Waals surface area contributed by atoms with Crippen LogP contribution >= 0.6 is 0 Å². The van der Waals surface area contributed by atoms with Gasteiger partial charge in [0, 0.05) is 36.3 Å². The molecule has 3 aromatic rings. The second kappa shape index (κ2) is 8.95. The van der Waals surface area contributed by atoms with Crippen molar-refractivity contribution in [2.75, 3.05) is 10.6 Å². The molecule has 160 valence electrons. The number of carbonyl (C=O) groups excluding carboxylic acids is 2. The summed E-state index contributed by atoms with van der Waals surface area (Å²) in [7, 11) is 0. The Morgan fingerprint density at radius 1 is 1.03 bits per heavy atom. The van der Waals surface area contributed by atoms with Crippen LogP contribution in [-0.4, -0.2) is 23.0 Å². The van der Waals surface area contributed by atoms with Crippen LogP contribution in [0.3, 0.4) is 0 Å². The van der Waals surface area contributed by atoms with E-state index >= 15 is 0 Å². The van der Waals surface area contributed by atoms with Crippen LogP contribution in [0.1, 0.15) is 25.2 Å². The molecule has 3 N–H and O–H groups in total. The normalized spacial score (nSPS) is 13.0. The Balaban J connectivity index is 1.26. The minimum absolute atomic E-state index is 0.101. The van der Waals surface area contributed by atoms with E-state index < -0.39 is 11.6 Å². The van der Waals surface area contributed by atoms with Gasteiger partial charge in [0.2, 0.25) is 5.91 Å². The average Bonchev–Trinajstić information content (AvgIpc) is 3.41. The molecule has 9 heteroatoms. The fraction of sp³-hybridized carbons (Fsp3) is 0.227. The van der Waals surface area contributed by atoms with E-state index in [1.807, 2.05) is 0 Å². The molecule has 31 heavy (non-hydrogen) atoms. The molecule has 1 aromatic heterocycles. The van der Waals surface area contributed by atoms with Crippen molar-refractivity contribution in [1.29, 1.82) is 0 Å². The van der Waals surface area contributed by atoms with Gasteiger partial charge in [0.15, 0.2) is 11.7 Å². The molecule has 1 saturated carbocycles. The van der Waals surface area contributed by atoms with Gasteiger partial charge < -0.3 is 20.4 Å². The lowest BCUT2D eigenvalue weighted by Crippen LogP contribution is -2.30. The molecule has 2 aromatic carbocycles. The molecule has 1 aliphatic carbocycles. The number of benzene rings is 2. The maximum atomic E-state index is 13.8. The van der Waals surface area contributed by atoms with Gasteiger partial charge in [-0.2, -0.15) is 0 Å². The van der Waals surface area contributed by atoms with Crippen LogP contribution in [0.25, 0.3) is 11.3 Å². The standard InChI is InChI=1S/C22H20F2N4O3/c23-13-1-8-17(18(24)11-13)19-12-25-21(31-19)10-9-20(29)26-14-2-4-15(5-3-14)27-22(30)28-16-6-7-16/h1-5,8,11-12,16H,6-7,9-10H2,(H,26,29)(H2,27,28,30). The lowest BCUT2D eigenvalue weighted by Gasteiger charge is -2.08. The van der Waals surface area contributed by atoms with Crippen molar-refractivity contribution in [2.24, 2.45) is 0 Å². The Kier molecular flexibility index (Phi) is 5.92. The first-order chi connectivity index (χ1) is 15.0. The van der Waals surface area contributed by atoms with Gasteiger partial charge in [0.05, 0.1) is 11.8 Å². The topological polar surface area (TPSA) is 96.3 Å². The highest BCUT2D eigenvalue weighted by atomic mass is 19.1. The number of urea groups is 1. The molecule has 1 aliphatic rings. The number of carbonyl (C=O) groups is 2. The van der Waals surface area contributed by atoms with E-state index in [1.165, 1.54) is 12.3 Å². The molecular formula is C22H20F2N4O3. The summed E-state index contributed by atoms with van der Waals surface area (Å²) in [6, 6.07) is 9.96. The van der Waals surface area contributed by atoms with Crippen LogP contribution in [0.5, 0.6) is 0 Å². The Hall–Kier alpha value is -3.75. The fourth-order valence-corrected chi connectivity index (χ4v) is 2.90. The van der Waals surface area contributed by atoms with E-state index in [4.69, 9.17) is 4.42 Å². The largest absolute Gasteiger partial charge is 0.441 e. The van der Waals surface area contributed by atoms with Crippen molar-refractivity contribution in [1.82, 2.24) is 10.3 Å². The highest BCUT2D eigenvalue weighted by Gasteiger charge is 2.23. The van der Waals surface area contributed by atoms with Crippen LogP contribution in [0.4, 0.5) is 25.0 Å². The summed E-state index contributed by atoms with van der Waals surface area (Å²) in [4.78, 5) is 28.0. The molecule has 0 atom stereocenters. The Morgan fingerprint density at radius 3 is 2.42 bits per heavy atom. The summed E-state index contributed by atoms with van der Waals surface area (Å²) in [6.45, 7) is 0. The molecule has 1 heterocycles. The van der Waals surface area contributed by atoms with Gasteiger partial charge in [-0.3, -0.25) is 4.79 Å². The Labute approximate surface area is 176 Å². The predicted molar refractivity (Wildman–Crippen MR) is 110 cm³/mol. The van der Waals surface area contributed by atoms with E-state index in [1.54, 1.807) is 24.3 Å². The number of halogens is 2. The van der Waals surface area contributed by atoms with Crippen LogP contribution in [-0.2, 0) is 11.2 Å². The van der Waals surface area contributed by atoms with E-state index in [2.05, 4.69) is 20.9 Å². The number of oxazole rings is 1. The summed E-state index contributed by atoms with van der Waals surface area (Å²) in [6.07, 6.45) is 3.69. The molecular weight excluding hydrogens is 406 g/mol. The van der Waals surface area contributed by atoms with Crippen LogP contribution in [0.2, 0.25) is 0 Å². The van der Waals surface area contributed by atoms with Crippen molar-refractivity contribution in [3.8, 4) is 11.3 Å². The third-order valence-electron chi connectivity index (χ3n) is 4.66. The van der Waals surface area contributed by atoms with Crippen molar-refractivity contribution in [2.45, 2.75) is 31.7 Å². The number of hydrogen-bond acceptors (Lipinski definition) is 4. The van der Waals surface area contributed by atoms with Crippen LogP contribution in [0.15, 0.2) is 53.1 Å². The van der Waals surface area contributed by atoms with Gasteiger partial charge in [-0.1, -0.05) is 0 Å². The van der Waals surface area contributed by atoms with Crippen molar-refractivity contribution >= 4 is 23.3 Å². The highest BCUT2D eigenvalue weighted by molar-refractivity contribution is 5.92. The fourth-order valence-electron chi connectivity index (χ4n) is 2.90. The summed E-state index contributed by atoms with van der Waals surface area (Å²) in [5.41, 5.74) is 1.31. The lowest BCUT2D eigenvalue weighted by molar-refractivity contribution is -0.116. The Morgan fingerprint density at radius 2 is 1.74 bits per heavy atom. The molecule has 0 aliphatic heterocycles. The predicted octanol–water partition coefficient (Wildman–Crippen LogP) is 4.48. The molecule has 0 bridgehead atoms. The van der Waals surface area contributed by atoms with Gasteiger partial charge in [-0.05, 0) is 49.2 Å². The summed E-state index contributed by atoms with van der Waals surface area (Å²) in [5, 5.41) is 8.31. The number of amides is 3. The zero-order valence-electron chi connectivity index (χ0n) is 16.5. The van der Waals surface area contributed by atoms with E-state index in [0.717, 1.165) is 25.0 Å². The van der Waals surface area contributed by atoms with Gasteiger partial charge in [0.1, 0.15) is 11.6 Å². The third kappa shape index (κ3) is 5.65. The summed E-state index contributed by atoms with van der Waals surface area (Å²) < 4.78 is 32.3. The SMILES string of the molecule is O=C(CCc1ncc(-c2ccc(F)cc2F)o1)Nc1ccc(NC(=O)NC2CC2)cc1. The summed E-state index contributed by atoms with van der Waals surface area (Å²) in [5.74, 6) is -1.23. The quantitative estimate of drug-likeness (QED) is 0.519. The maximum Gasteiger partial charge on any atom is 0.319 e. The van der Waals surface area contributed by atoms with Gasteiger partial charge in [0.25, 0.3) is 0 Å². The number of nitrogens with zero attached hydrogens (tertiary/aromatic N) is 1. The maximum absolute atomic E-state index is 13.8. The molecule has 3 amide bonds. The second-order valence-corrected chi connectivity index (χ2v) is 7.24. The molecule has 0 unspecified atom stereocenters. The van der Waals surface area contributed by atoms with Crippen molar-refractivity contribution in [3.63, 3.8) is 0 Å². The number of rotatable bonds is 7. The van der Waals surface area contributed by atoms with Crippen LogP contribution < -0.4 is 16.0 Å². The van der Waals surface area contributed by atoms with Gasteiger partial charge >= 0.3 is 6.03 Å². The average molecular weight is 426 g/mol. The summed E-state index contributed by atoms with van der Waals surface area (Å²) >= 11 is 0. The molecule has 1 fully saturated rings. The first-order valence-corrected chi connectivity index (χ1v) is 9.84. The van der Waals surface area contributed by atoms with E-state index in [0.29, 0.717) is 11.4 Å². The number of aryl methyl sites for hydroxylation is 1. The molecule has 4 rings (SSSR count). The first kappa shape index (κ1) is 20.5. The zero-order valence-corrected chi connectivity index (χ0v) is 16.5. The minimum atomic E-state index is -0.747. The molecule has 0 saturated heterocycles. The number of aromatic nitrogens is 1. The van der Waals surface area contributed by atoms with Gasteiger partial charge in [-0.15, -0.1) is 0 Å². The van der Waals surface area contributed by atoms with Gasteiger partial charge in [-0.25, -0.2) is 18.6 Å². The zero-order chi connectivity index (χ0) is 21.8. The van der Waals surface area contributed by atoms with E-state index in [9.17, 15) is 18.4 Å².